The fraction of sp³-hybridized carbons (Fsp3) is 0.0952. The molecule has 7 heteroatoms. The molecule has 28 heavy (non-hydrogen) atoms. The standard InChI is InChI=1S/C21H16ClN3O3/c1-11-3-8-18-16(9-11)15(12(2)23-18)10-17-19(26)24-21(28)25(20(17)27)14-6-4-13(22)5-7-14/h3-10,27H,1-2H3,(H,24,26,28)/b15-10+. The largest absolute Gasteiger partial charge is 0.494 e. The first-order valence-electron chi connectivity index (χ1n) is 8.58. The zero-order valence-electron chi connectivity index (χ0n) is 15.2. The summed E-state index contributed by atoms with van der Waals surface area (Å²) < 4.78 is 1.03. The Morgan fingerprint density at radius 1 is 1.11 bits per heavy atom. The summed E-state index contributed by atoms with van der Waals surface area (Å²) in [5.41, 5.74) is 3.14. The van der Waals surface area contributed by atoms with E-state index in [-0.39, 0.29) is 5.56 Å². The van der Waals surface area contributed by atoms with Crippen molar-refractivity contribution in [2.45, 2.75) is 13.8 Å². The fourth-order valence-electron chi connectivity index (χ4n) is 3.22. The Balaban J connectivity index is 1.94. The lowest BCUT2D eigenvalue weighted by Gasteiger charge is -2.11. The van der Waals surface area contributed by atoms with Crippen molar-refractivity contribution < 1.29 is 5.11 Å². The van der Waals surface area contributed by atoms with Crippen LogP contribution in [0.3, 0.4) is 0 Å². The van der Waals surface area contributed by atoms with Crippen LogP contribution < -0.4 is 11.2 Å². The minimum absolute atomic E-state index is 0.0199. The van der Waals surface area contributed by atoms with E-state index in [0.717, 1.165) is 32.7 Å². The fourth-order valence-corrected chi connectivity index (χ4v) is 3.35. The Hall–Kier alpha value is -3.38. The first-order valence-corrected chi connectivity index (χ1v) is 8.95. The summed E-state index contributed by atoms with van der Waals surface area (Å²) >= 11 is 5.89. The Bertz CT molecular complexity index is 1280. The summed E-state index contributed by atoms with van der Waals surface area (Å²) in [4.78, 5) is 31.5. The number of aromatic hydroxyl groups is 1. The second kappa shape index (κ2) is 6.65. The molecule has 0 spiro atoms. The highest BCUT2D eigenvalue weighted by Gasteiger charge is 2.21. The predicted octanol–water partition coefficient (Wildman–Crippen LogP) is 3.84. The first kappa shape index (κ1) is 18.0. The number of nitrogens with one attached hydrogen (secondary N) is 1. The number of hydrogen-bond acceptors (Lipinski definition) is 4. The van der Waals surface area contributed by atoms with Crippen LogP contribution in [0.15, 0.2) is 57.0 Å². The van der Waals surface area contributed by atoms with Crippen molar-refractivity contribution in [1.82, 2.24) is 9.55 Å². The van der Waals surface area contributed by atoms with Gasteiger partial charge >= 0.3 is 5.69 Å². The molecule has 2 N–H and O–H groups in total. The maximum Gasteiger partial charge on any atom is 0.335 e. The van der Waals surface area contributed by atoms with Crippen LogP contribution in [0.1, 0.15) is 23.6 Å². The zero-order chi connectivity index (χ0) is 20.0. The Morgan fingerprint density at radius 2 is 1.82 bits per heavy atom. The number of rotatable bonds is 2. The molecule has 2 aromatic carbocycles. The van der Waals surface area contributed by atoms with Gasteiger partial charge in [-0.3, -0.25) is 14.8 Å². The highest BCUT2D eigenvalue weighted by atomic mass is 35.5. The Labute approximate surface area is 165 Å². The van der Waals surface area contributed by atoms with E-state index in [1.807, 2.05) is 32.0 Å². The summed E-state index contributed by atoms with van der Waals surface area (Å²) in [6.45, 7) is 3.80. The van der Waals surface area contributed by atoms with Crippen molar-refractivity contribution >= 4 is 34.6 Å². The van der Waals surface area contributed by atoms with E-state index in [2.05, 4.69) is 9.98 Å². The smallest absolute Gasteiger partial charge is 0.335 e. The lowest BCUT2D eigenvalue weighted by atomic mass is 9.99. The van der Waals surface area contributed by atoms with Crippen molar-refractivity contribution in [2.24, 2.45) is 4.99 Å². The molecule has 0 aliphatic carbocycles. The molecule has 1 aliphatic heterocycles. The summed E-state index contributed by atoms with van der Waals surface area (Å²) in [6.07, 6.45) is 1.56. The van der Waals surface area contributed by atoms with Crippen molar-refractivity contribution in [3.05, 3.63) is 85.0 Å². The van der Waals surface area contributed by atoms with Crippen molar-refractivity contribution in [3.8, 4) is 11.6 Å². The third kappa shape index (κ3) is 2.97. The SMILES string of the molecule is CC1=Nc2ccc(C)cc2/C1=C/c1c(O)n(-c2ccc(Cl)cc2)c(=O)[nH]c1=O. The van der Waals surface area contributed by atoms with Gasteiger partial charge in [-0.2, -0.15) is 0 Å². The van der Waals surface area contributed by atoms with Gasteiger partial charge in [0, 0.05) is 21.9 Å². The normalized spacial score (nSPS) is 14.2. The lowest BCUT2D eigenvalue weighted by Crippen LogP contribution is -2.30. The molecular weight excluding hydrogens is 378 g/mol. The van der Waals surface area contributed by atoms with Gasteiger partial charge in [-0.15, -0.1) is 0 Å². The van der Waals surface area contributed by atoms with Gasteiger partial charge in [0.05, 0.1) is 11.4 Å². The number of aliphatic imine (C=N–C) groups is 1. The molecule has 6 nitrogen and oxygen atoms in total. The number of nitrogens with zero attached hydrogens (tertiary/aromatic N) is 2. The summed E-state index contributed by atoms with van der Waals surface area (Å²) in [7, 11) is 0. The van der Waals surface area contributed by atoms with E-state index in [1.165, 1.54) is 0 Å². The van der Waals surface area contributed by atoms with E-state index in [4.69, 9.17) is 11.6 Å². The van der Waals surface area contributed by atoms with E-state index < -0.39 is 17.1 Å². The quantitative estimate of drug-likeness (QED) is 0.693. The number of aromatic nitrogens is 2. The number of H-pyrrole nitrogens is 1. The van der Waals surface area contributed by atoms with Gasteiger partial charge in [-0.1, -0.05) is 23.2 Å². The molecule has 0 saturated carbocycles. The van der Waals surface area contributed by atoms with Gasteiger partial charge in [0.25, 0.3) is 5.56 Å². The number of fused-ring (bicyclic) bond motifs is 1. The van der Waals surface area contributed by atoms with Crippen LogP contribution in [0, 0.1) is 6.92 Å². The van der Waals surface area contributed by atoms with Gasteiger partial charge in [0.1, 0.15) is 5.56 Å². The molecular formula is C21H16ClN3O3. The summed E-state index contributed by atoms with van der Waals surface area (Å²) in [6, 6.07) is 12.2. The van der Waals surface area contributed by atoms with Crippen LogP contribution in [-0.2, 0) is 0 Å². The zero-order valence-corrected chi connectivity index (χ0v) is 15.9. The molecule has 0 unspecified atom stereocenters. The van der Waals surface area contributed by atoms with Gasteiger partial charge in [-0.05, 0) is 56.3 Å². The highest BCUT2D eigenvalue weighted by molar-refractivity contribution is 6.31. The molecule has 3 aromatic rings. The molecule has 4 rings (SSSR count). The van der Waals surface area contributed by atoms with Crippen LogP contribution in [0.25, 0.3) is 17.3 Å². The van der Waals surface area contributed by atoms with Crippen LogP contribution in [0.4, 0.5) is 5.69 Å². The number of halogens is 1. The maximum absolute atomic E-state index is 12.4. The lowest BCUT2D eigenvalue weighted by molar-refractivity contribution is 0.429. The summed E-state index contributed by atoms with van der Waals surface area (Å²) in [5, 5.41) is 11.2. The molecule has 0 fully saturated rings. The monoisotopic (exact) mass is 393 g/mol. The van der Waals surface area contributed by atoms with Crippen LogP contribution in [0.5, 0.6) is 5.88 Å². The van der Waals surface area contributed by atoms with Gasteiger partial charge in [0.2, 0.25) is 5.88 Å². The number of benzene rings is 2. The number of allylic oxidation sites excluding steroid dienone is 1. The Kier molecular flexibility index (Phi) is 4.28. The predicted molar refractivity (Wildman–Crippen MR) is 111 cm³/mol. The molecule has 0 radical (unpaired) electrons. The van der Waals surface area contributed by atoms with Crippen molar-refractivity contribution in [3.63, 3.8) is 0 Å². The molecule has 140 valence electrons. The van der Waals surface area contributed by atoms with E-state index >= 15 is 0 Å². The second-order valence-corrected chi connectivity index (χ2v) is 7.02. The molecule has 1 aliphatic rings. The third-order valence-electron chi connectivity index (χ3n) is 4.61. The summed E-state index contributed by atoms with van der Waals surface area (Å²) in [5.74, 6) is -0.447. The molecule has 0 amide bonds. The minimum atomic E-state index is -0.736. The average molecular weight is 394 g/mol. The molecule has 1 aromatic heterocycles. The molecule has 0 bridgehead atoms. The van der Waals surface area contributed by atoms with Crippen molar-refractivity contribution in [1.29, 1.82) is 0 Å². The number of hydrogen-bond donors (Lipinski definition) is 2. The first-order chi connectivity index (χ1) is 13.3. The van der Waals surface area contributed by atoms with Gasteiger partial charge < -0.3 is 5.11 Å². The number of aromatic amines is 1. The van der Waals surface area contributed by atoms with Gasteiger partial charge in [-0.25, -0.2) is 9.36 Å². The van der Waals surface area contributed by atoms with E-state index in [0.29, 0.717) is 10.7 Å². The highest BCUT2D eigenvalue weighted by Crippen LogP contribution is 2.37. The molecule has 2 heterocycles. The molecule has 0 saturated heterocycles. The van der Waals surface area contributed by atoms with E-state index in [9.17, 15) is 14.7 Å². The topological polar surface area (TPSA) is 87.4 Å². The molecule has 0 atom stereocenters. The minimum Gasteiger partial charge on any atom is -0.494 e. The third-order valence-corrected chi connectivity index (χ3v) is 4.87. The van der Waals surface area contributed by atoms with Crippen LogP contribution in [0.2, 0.25) is 5.02 Å². The van der Waals surface area contributed by atoms with Gasteiger partial charge in [0.15, 0.2) is 0 Å². The number of aryl methyl sites for hydroxylation is 1. The van der Waals surface area contributed by atoms with Crippen molar-refractivity contribution in [2.75, 3.05) is 0 Å². The average Bonchev–Trinajstić information content (AvgIpc) is 2.94. The second-order valence-electron chi connectivity index (χ2n) is 6.58. The van der Waals surface area contributed by atoms with Crippen LogP contribution in [-0.4, -0.2) is 20.4 Å². The van der Waals surface area contributed by atoms with Crippen LogP contribution >= 0.6 is 11.6 Å². The maximum atomic E-state index is 12.4. The van der Waals surface area contributed by atoms with E-state index in [1.54, 1.807) is 30.3 Å². The Morgan fingerprint density at radius 3 is 2.54 bits per heavy atom.